The van der Waals surface area contributed by atoms with Gasteiger partial charge in [0.2, 0.25) is 0 Å². The third kappa shape index (κ3) is 3.70. The smallest absolute Gasteiger partial charge is 0.126 e. The molecule has 0 spiro atoms. The maximum Gasteiger partial charge on any atom is 0.126 e. The van der Waals surface area contributed by atoms with Crippen molar-refractivity contribution in [2.45, 2.75) is 19.3 Å². The molecule has 2 aromatic rings. The molecule has 0 aliphatic heterocycles. The lowest BCUT2D eigenvalue weighted by molar-refractivity contribution is 0.192. The van der Waals surface area contributed by atoms with Crippen molar-refractivity contribution in [3.8, 4) is 0 Å². The Balaban J connectivity index is 1.81. The summed E-state index contributed by atoms with van der Waals surface area (Å²) in [4.78, 5) is 4.57. The number of methoxy groups -OCH3 is 1. The Kier molecular flexibility index (Phi) is 4.97. The standard InChI is InChI=1S/C15H20N2O/c1-18-12-6-2-5-11-16-15-10-9-13-7-3-4-8-14(13)17-15/h3-4,7-10H,2,5-6,11-12H2,1H3,(H,16,17). The number of ether oxygens (including phenoxy) is 1. The van der Waals surface area contributed by atoms with Crippen LogP contribution in [0.5, 0.6) is 0 Å². The summed E-state index contributed by atoms with van der Waals surface area (Å²) >= 11 is 0. The Morgan fingerprint density at radius 2 is 1.94 bits per heavy atom. The van der Waals surface area contributed by atoms with Crippen LogP contribution in [0.3, 0.4) is 0 Å². The fraction of sp³-hybridized carbons (Fsp3) is 0.400. The average molecular weight is 244 g/mol. The Morgan fingerprint density at radius 3 is 2.83 bits per heavy atom. The van der Waals surface area contributed by atoms with Gasteiger partial charge < -0.3 is 10.1 Å². The monoisotopic (exact) mass is 244 g/mol. The quantitative estimate of drug-likeness (QED) is 0.757. The van der Waals surface area contributed by atoms with Gasteiger partial charge in [-0.25, -0.2) is 4.98 Å². The summed E-state index contributed by atoms with van der Waals surface area (Å²) in [5.41, 5.74) is 1.04. The number of anilines is 1. The number of aromatic nitrogens is 1. The highest BCUT2D eigenvalue weighted by atomic mass is 16.5. The summed E-state index contributed by atoms with van der Waals surface area (Å²) in [7, 11) is 1.75. The predicted molar refractivity (Wildman–Crippen MR) is 76.0 cm³/mol. The zero-order valence-electron chi connectivity index (χ0n) is 10.9. The van der Waals surface area contributed by atoms with Crippen LogP contribution in [0, 0.1) is 0 Å². The molecule has 1 aromatic heterocycles. The van der Waals surface area contributed by atoms with Gasteiger partial charge in [-0.15, -0.1) is 0 Å². The van der Waals surface area contributed by atoms with E-state index in [1.165, 1.54) is 11.8 Å². The lowest BCUT2D eigenvalue weighted by Gasteiger charge is -2.06. The summed E-state index contributed by atoms with van der Waals surface area (Å²) in [5, 5.41) is 4.55. The van der Waals surface area contributed by atoms with Crippen LogP contribution in [-0.4, -0.2) is 25.2 Å². The molecule has 0 saturated carbocycles. The number of fused-ring (bicyclic) bond motifs is 1. The molecule has 1 heterocycles. The van der Waals surface area contributed by atoms with Crippen molar-refractivity contribution < 1.29 is 4.74 Å². The van der Waals surface area contributed by atoms with Gasteiger partial charge in [0, 0.05) is 25.6 Å². The van der Waals surface area contributed by atoms with Crippen LogP contribution in [0.15, 0.2) is 36.4 Å². The highest BCUT2D eigenvalue weighted by molar-refractivity contribution is 5.79. The van der Waals surface area contributed by atoms with Crippen LogP contribution in [0.4, 0.5) is 5.82 Å². The van der Waals surface area contributed by atoms with Crippen LogP contribution < -0.4 is 5.32 Å². The molecule has 0 unspecified atom stereocenters. The van der Waals surface area contributed by atoms with E-state index < -0.39 is 0 Å². The van der Waals surface area contributed by atoms with Crippen molar-refractivity contribution in [2.75, 3.05) is 25.6 Å². The van der Waals surface area contributed by atoms with Crippen LogP contribution >= 0.6 is 0 Å². The molecule has 18 heavy (non-hydrogen) atoms. The largest absolute Gasteiger partial charge is 0.385 e. The second kappa shape index (κ2) is 6.97. The first-order valence-corrected chi connectivity index (χ1v) is 6.49. The van der Waals surface area contributed by atoms with Gasteiger partial charge in [0.05, 0.1) is 5.52 Å². The molecule has 0 amide bonds. The number of hydrogen-bond acceptors (Lipinski definition) is 3. The van der Waals surface area contributed by atoms with Crippen molar-refractivity contribution in [1.29, 1.82) is 0 Å². The molecule has 0 fully saturated rings. The van der Waals surface area contributed by atoms with Gasteiger partial charge in [-0.2, -0.15) is 0 Å². The van der Waals surface area contributed by atoms with Crippen molar-refractivity contribution in [2.24, 2.45) is 0 Å². The van der Waals surface area contributed by atoms with Gasteiger partial charge in [-0.1, -0.05) is 18.2 Å². The summed E-state index contributed by atoms with van der Waals surface area (Å²) in [5.74, 6) is 0.959. The Hall–Kier alpha value is -1.61. The molecule has 2 rings (SSSR count). The number of para-hydroxylation sites is 1. The van der Waals surface area contributed by atoms with E-state index in [1.54, 1.807) is 7.11 Å². The van der Waals surface area contributed by atoms with E-state index in [-0.39, 0.29) is 0 Å². The van der Waals surface area contributed by atoms with Gasteiger partial charge in [0.25, 0.3) is 0 Å². The van der Waals surface area contributed by atoms with Crippen molar-refractivity contribution in [3.63, 3.8) is 0 Å². The molecular formula is C15H20N2O. The summed E-state index contributed by atoms with van der Waals surface area (Å²) in [6, 6.07) is 12.3. The molecule has 0 saturated heterocycles. The van der Waals surface area contributed by atoms with Crippen molar-refractivity contribution in [3.05, 3.63) is 36.4 Å². The molecule has 1 N–H and O–H groups in total. The lowest BCUT2D eigenvalue weighted by atomic mass is 10.2. The topological polar surface area (TPSA) is 34.1 Å². The van der Waals surface area contributed by atoms with E-state index in [2.05, 4.69) is 22.4 Å². The molecule has 1 aromatic carbocycles. The molecular weight excluding hydrogens is 224 g/mol. The number of hydrogen-bond donors (Lipinski definition) is 1. The van der Waals surface area contributed by atoms with Crippen molar-refractivity contribution >= 4 is 16.7 Å². The first-order valence-electron chi connectivity index (χ1n) is 6.49. The number of rotatable bonds is 7. The van der Waals surface area contributed by atoms with Crippen LogP contribution in [0.25, 0.3) is 10.9 Å². The summed E-state index contributed by atoms with van der Waals surface area (Å²) in [6.45, 7) is 1.82. The Bertz CT molecular complexity index is 485. The number of pyridine rings is 1. The maximum absolute atomic E-state index is 5.02. The third-order valence-corrected chi connectivity index (χ3v) is 2.93. The number of nitrogens with one attached hydrogen (secondary N) is 1. The summed E-state index contributed by atoms with van der Waals surface area (Å²) < 4.78 is 5.02. The number of unbranched alkanes of at least 4 members (excludes halogenated alkanes) is 2. The normalized spacial score (nSPS) is 10.7. The van der Waals surface area contributed by atoms with E-state index in [0.29, 0.717) is 0 Å². The summed E-state index contributed by atoms with van der Waals surface area (Å²) in [6.07, 6.45) is 3.47. The fourth-order valence-electron chi connectivity index (χ4n) is 1.93. The highest BCUT2D eigenvalue weighted by Crippen LogP contribution is 2.14. The molecule has 0 aliphatic rings. The van der Waals surface area contributed by atoms with Gasteiger partial charge in [-0.3, -0.25) is 0 Å². The first kappa shape index (κ1) is 12.8. The Morgan fingerprint density at radius 1 is 1.06 bits per heavy atom. The van der Waals surface area contributed by atoms with Crippen LogP contribution in [0.2, 0.25) is 0 Å². The van der Waals surface area contributed by atoms with Gasteiger partial charge in [-0.05, 0) is 37.5 Å². The number of nitrogens with zero attached hydrogens (tertiary/aromatic N) is 1. The Labute approximate surface area is 108 Å². The zero-order valence-corrected chi connectivity index (χ0v) is 10.9. The molecule has 0 radical (unpaired) electrons. The molecule has 0 bridgehead atoms. The number of benzene rings is 1. The van der Waals surface area contributed by atoms with E-state index in [1.807, 2.05) is 24.3 Å². The van der Waals surface area contributed by atoms with E-state index in [4.69, 9.17) is 4.74 Å². The van der Waals surface area contributed by atoms with Crippen molar-refractivity contribution in [1.82, 2.24) is 4.98 Å². The maximum atomic E-state index is 5.02. The fourth-order valence-corrected chi connectivity index (χ4v) is 1.93. The van der Waals surface area contributed by atoms with E-state index in [9.17, 15) is 0 Å². The van der Waals surface area contributed by atoms with Crippen LogP contribution in [0.1, 0.15) is 19.3 Å². The SMILES string of the molecule is COCCCCCNc1ccc2ccccc2n1. The minimum Gasteiger partial charge on any atom is -0.385 e. The van der Waals surface area contributed by atoms with Crippen LogP contribution in [-0.2, 0) is 4.74 Å². The second-order valence-corrected chi connectivity index (χ2v) is 4.37. The lowest BCUT2D eigenvalue weighted by Crippen LogP contribution is -2.03. The van der Waals surface area contributed by atoms with E-state index >= 15 is 0 Å². The molecule has 0 atom stereocenters. The average Bonchev–Trinajstić information content (AvgIpc) is 2.42. The van der Waals surface area contributed by atoms with E-state index in [0.717, 1.165) is 37.3 Å². The predicted octanol–water partition coefficient (Wildman–Crippen LogP) is 3.46. The van der Waals surface area contributed by atoms with Gasteiger partial charge in [0.1, 0.15) is 5.82 Å². The highest BCUT2D eigenvalue weighted by Gasteiger charge is 1.96. The first-order chi connectivity index (χ1) is 8.90. The van der Waals surface area contributed by atoms with Gasteiger partial charge in [0.15, 0.2) is 0 Å². The molecule has 0 aliphatic carbocycles. The second-order valence-electron chi connectivity index (χ2n) is 4.37. The molecule has 96 valence electrons. The minimum atomic E-state index is 0.855. The van der Waals surface area contributed by atoms with Gasteiger partial charge >= 0.3 is 0 Å². The minimum absolute atomic E-state index is 0.855. The zero-order chi connectivity index (χ0) is 12.6. The molecule has 3 heteroatoms. The third-order valence-electron chi connectivity index (χ3n) is 2.93. The molecule has 3 nitrogen and oxygen atoms in total.